The highest BCUT2D eigenvalue weighted by molar-refractivity contribution is 5.90. The third-order valence-corrected chi connectivity index (χ3v) is 5.40. The maximum atomic E-state index is 12.9. The first-order chi connectivity index (χ1) is 13.9. The largest absolute Gasteiger partial charge is 0.465 e. The summed E-state index contributed by atoms with van der Waals surface area (Å²) in [6.07, 6.45) is 0. The zero-order valence-corrected chi connectivity index (χ0v) is 17.5. The van der Waals surface area contributed by atoms with Crippen molar-refractivity contribution in [1.82, 2.24) is 9.80 Å². The number of carbonyl (C=O) groups is 2. The van der Waals surface area contributed by atoms with Crippen molar-refractivity contribution in [3.8, 4) is 0 Å². The standard InChI is InChI=1S/C23H29N3O3/c1-16-7-5-6-8-21(16)24-23(28)26-17(2)13-25(14-18(26)3)15-19-9-11-20(12-10-19)22(27)29-4/h5-12,17-18H,13-15H2,1-4H3,(H,24,28)/t17-,18+. The second-order valence-corrected chi connectivity index (χ2v) is 7.73. The van der Waals surface area contributed by atoms with E-state index in [0.29, 0.717) is 5.56 Å². The lowest BCUT2D eigenvalue weighted by Gasteiger charge is -2.44. The van der Waals surface area contributed by atoms with Gasteiger partial charge in [0.25, 0.3) is 0 Å². The molecule has 0 spiro atoms. The van der Waals surface area contributed by atoms with Gasteiger partial charge in [0.1, 0.15) is 0 Å². The van der Waals surface area contributed by atoms with Crippen LogP contribution in [-0.2, 0) is 11.3 Å². The number of para-hydroxylation sites is 1. The summed E-state index contributed by atoms with van der Waals surface area (Å²) >= 11 is 0. The van der Waals surface area contributed by atoms with Crippen LogP contribution in [0.1, 0.15) is 35.3 Å². The molecule has 6 nitrogen and oxygen atoms in total. The summed E-state index contributed by atoms with van der Waals surface area (Å²) in [5.41, 5.74) is 3.59. The number of urea groups is 1. The fourth-order valence-electron chi connectivity index (χ4n) is 3.98. The lowest BCUT2D eigenvalue weighted by molar-refractivity contribution is 0.0600. The van der Waals surface area contributed by atoms with Gasteiger partial charge in [-0.15, -0.1) is 0 Å². The van der Waals surface area contributed by atoms with E-state index in [1.165, 1.54) is 7.11 Å². The number of esters is 1. The van der Waals surface area contributed by atoms with Crippen molar-refractivity contribution in [2.45, 2.75) is 39.4 Å². The van der Waals surface area contributed by atoms with Crippen molar-refractivity contribution in [1.29, 1.82) is 0 Å². The summed E-state index contributed by atoms with van der Waals surface area (Å²) in [4.78, 5) is 28.7. The number of carbonyl (C=O) groups excluding carboxylic acids is 2. The fourth-order valence-corrected chi connectivity index (χ4v) is 3.98. The molecule has 1 saturated heterocycles. The normalized spacial score (nSPS) is 19.7. The molecule has 3 rings (SSSR count). The maximum Gasteiger partial charge on any atom is 0.337 e. The average molecular weight is 396 g/mol. The van der Waals surface area contributed by atoms with E-state index in [-0.39, 0.29) is 24.1 Å². The Kier molecular flexibility index (Phi) is 6.54. The number of nitrogens with zero attached hydrogens (tertiary/aromatic N) is 2. The van der Waals surface area contributed by atoms with Crippen LogP contribution >= 0.6 is 0 Å². The van der Waals surface area contributed by atoms with Gasteiger partial charge in [0.05, 0.1) is 12.7 Å². The van der Waals surface area contributed by atoms with E-state index < -0.39 is 0 Å². The van der Waals surface area contributed by atoms with Crippen molar-refractivity contribution in [2.75, 3.05) is 25.5 Å². The number of piperazine rings is 1. The van der Waals surface area contributed by atoms with Gasteiger partial charge in [-0.25, -0.2) is 9.59 Å². The number of methoxy groups -OCH3 is 1. The first kappa shape index (κ1) is 20.9. The van der Waals surface area contributed by atoms with Crippen LogP contribution in [0.4, 0.5) is 10.5 Å². The first-order valence-electron chi connectivity index (χ1n) is 9.93. The number of hydrogen-bond acceptors (Lipinski definition) is 4. The lowest BCUT2D eigenvalue weighted by Crippen LogP contribution is -2.59. The van der Waals surface area contributed by atoms with Crippen LogP contribution in [-0.4, -0.2) is 54.1 Å². The summed E-state index contributed by atoms with van der Waals surface area (Å²) in [6, 6.07) is 15.4. The molecule has 6 heteroatoms. The summed E-state index contributed by atoms with van der Waals surface area (Å²) in [7, 11) is 1.38. The van der Waals surface area contributed by atoms with Crippen LogP contribution < -0.4 is 5.32 Å². The van der Waals surface area contributed by atoms with E-state index >= 15 is 0 Å². The monoisotopic (exact) mass is 395 g/mol. The van der Waals surface area contributed by atoms with E-state index in [1.807, 2.05) is 48.2 Å². The molecule has 2 atom stereocenters. The summed E-state index contributed by atoms with van der Waals surface area (Å²) < 4.78 is 4.75. The van der Waals surface area contributed by atoms with Crippen LogP contribution in [0.25, 0.3) is 0 Å². The molecule has 0 radical (unpaired) electrons. The highest BCUT2D eigenvalue weighted by Gasteiger charge is 2.33. The molecule has 1 fully saturated rings. The Morgan fingerprint density at radius 2 is 1.66 bits per heavy atom. The van der Waals surface area contributed by atoms with Gasteiger partial charge in [-0.05, 0) is 50.1 Å². The topological polar surface area (TPSA) is 61.9 Å². The number of nitrogens with one attached hydrogen (secondary N) is 1. The second kappa shape index (κ2) is 9.09. The Balaban J connectivity index is 1.61. The van der Waals surface area contributed by atoms with Crippen molar-refractivity contribution >= 4 is 17.7 Å². The molecule has 29 heavy (non-hydrogen) atoms. The van der Waals surface area contributed by atoms with Gasteiger partial charge in [0, 0.05) is 37.4 Å². The maximum absolute atomic E-state index is 12.9. The van der Waals surface area contributed by atoms with Crippen molar-refractivity contribution in [2.24, 2.45) is 0 Å². The number of benzene rings is 2. The van der Waals surface area contributed by atoms with Crippen LogP contribution in [0.3, 0.4) is 0 Å². The molecule has 1 heterocycles. The molecule has 0 aliphatic carbocycles. The summed E-state index contributed by atoms with van der Waals surface area (Å²) in [5, 5.41) is 3.05. The fraction of sp³-hybridized carbons (Fsp3) is 0.391. The van der Waals surface area contributed by atoms with Crippen molar-refractivity contribution < 1.29 is 14.3 Å². The molecule has 1 aliphatic rings. The molecule has 0 unspecified atom stereocenters. The second-order valence-electron chi connectivity index (χ2n) is 7.73. The number of aryl methyl sites for hydroxylation is 1. The molecule has 0 aromatic heterocycles. The zero-order chi connectivity index (χ0) is 21.0. The van der Waals surface area contributed by atoms with E-state index in [1.54, 1.807) is 12.1 Å². The molecule has 1 N–H and O–H groups in total. The van der Waals surface area contributed by atoms with Crippen LogP contribution in [0.15, 0.2) is 48.5 Å². The van der Waals surface area contributed by atoms with E-state index in [2.05, 4.69) is 24.1 Å². The number of anilines is 1. The van der Waals surface area contributed by atoms with Crippen LogP contribution in [0, 0.1) is 6.92 Å². The molecule has 0 saturated carbocycles. The number of amides is 2. The van der Waals surface area contributed by atoms with E-state index in [4.69, 9.17) is 4.74 Å². The summed E-state index contributed by atoms with van der Waals surface area (Å²) in [5.74, 6) is -0.327. The van der Waals surface area contributed by atoms with Crippen molar-refractivity contribution in [3.05, 3.63) is 65.2 Å². The number of rotatable bonds is 4. The Morgan fingerprint density at radius 1 is 1.03 bits per heavy atom. The highest BCUT2D eigenvalue weighted by Crippen LogP contribution is 2.21. The molecule has 2 amide bonds. The molecular formula is C23H29N3O3. The van der Waals surface area contributed by atoms with Gasteiger partial charge in [-0.3, -0.25) is 4.90 Å². The molecular weight excluding hydrogens is 366 g/mol. The molecule has 1 aliphatic heterocycles. The van der Waals surface area contributed by atoms with Crippen LogP contribution in [0.5, 0.6) is 0 Å². The van der Waals surface area contributed by atoms with Gasteiger partial charge < -0.3 is 15.0 Å². The quantitative estimate of drug-likeness (QED) is 0.798. The zero-order valence-electron chi connectivity index (χ0n) is 17.5. The molecule has 0 bridgehead atoms. The number of ether oxygens (including phenoxy) is 1. The predicted octanol–water partition coefficient (Wildman–Crippen LogP) is 3.91. The van der Waals surface area contributed by atoms with E-state index in [0.717, 1.165) is 36.4 Å². The highest BCUT2D eigenvalue weighted by atomic mass is 16.5. The Bertz CT molecular complexity index is 854. The SMILES string of the molecule is COC(=O)c1ccc(CN2C[C@@H](C)N(C(=O)Nc3ccccc3C)[C@@H](C)C2)cc1. The predicted molar refractivity (Wildman–Crippen MR) is 114 cm³/mol. The Morgan fingerprint density at radius 3 is 2.24 bits per heavy atom. The molecule has 154 valence electrons. The minimum absolute atomic E-state index is 0.0543. The van der Waals surface area contributed by atoms with Gasteiger partial charge >= 0.3 is 12.0 Å². The Labute approximate surface area is 172 Å². The molecule has 2 aromatic carbocycles. The van der Waals surface area contributed by atoms with E-state index in [9.17, 15) is 9.59 Å². The van der Waals surface area contributed by atoms with Gasteiger partial charge in [-0.2, -0.15) is 0 Å². The third kappa shape index (κ3) is 4.95. The lowest BCUT2D eigenvalue weighted by atomic mass is 10.1. The van der Waals surface area contributed by atoms with Crippen molar-refractivity contribution in [3.63, 3.8) is 0 Å². The first-order valence-corrected chi connectivity index (χ1v) is 9.93. The minimum Gasteiger partial charge on any atom is -0.465 e. The minimum atomic E-state index is -0.327. The average Bonchev–Trinajstić information content (AvgIpc) is 2.69. The Hall–Kier alpha value is -2.86. The van der Waals surface area contributed by atoms with Gasteiger partial charge in [-0.1, -0.05) is 30.3 Å². The smallest absolute Gasteiger partial charge is 0.337 e. The van der Waals surface area contributed by atoms with Crippen LogP contribution in [0.2, 0.25) is 0 Å². The summed E-state index contributed by atoms with van der Waals surface area (Å²) in [6.45, 7) is 8.53. The third-order valence-electron chi connectivity index (χ3n) is 5.40. The number of hydrogen-bond donors (Lipinski definition) is 1. The molecule has 2 aromatic rings. The van der Waals surface area contributed by atoms with Gasteiger partial charge in [0.2, 0.25) is 0 Å². The van der Waals surface area contributed by atoms with Gasteiger partial charge in [0.15, 0.2) is 0 Å².